The Balaban J connectivity index is 2.21. The second-order valence-electron chi connectivity index (χ2n) is 5.65. The lowest BCUT2D eigenvalue weighted by Gasteiger charge is -2.22. The normalized spacial score (nSPS) is 12.0. The van der Waals surface area contributed by atoms with Crippen molar-refractivity contribution in [1.29, 1.82) is 0 Å². The van der Waals surface area contributed by atoms with Crippen molar-refractivity contribution in [1.82, 2.24) is 9.97 Å². The Hall–Kier alpha value is -2.10. The van der Waals surface area contributed by atoms with Crippen LogP contribution in [0.3, 0.4) is 0 Å². The summed E-state index contributed by atoms with van der Waals surface area (Å²) >= 11 is 0. The predicted octanol–water partition coefficient (Wildman–Crippen LogP) is 4.02. The Morgan fingerprint density at radius 2 is 1.86 bits per heavy atom. The summed E-state index contributed by atoms with van der Waals surface area (Å²) in [5, 5.41) is 3.44. The third-order valence-corrected chi connectivity index (χ3v) is 3.73. The molecule has 0 radical (unpaired) electrons. The smallest absolute Gasteiger partial charge is 0.227 e. The van der Waals surface area contributed by atoms with E-state index in [-0.39, 0.29) is 0 Å². The first-order valence-corrected chi connectivity index (χ1v) is 8.03. The van der Waals surface area contributed by atoms with Crippen molar-refractivity contribution in [3.05, 3.63) is 47.7 Å². The second kappa shape index (κ2) is 7.78. The molecule has 1 aromatic heterocycles. The molecule has 2 aromatic rings. The van der Waals surface area contributed by atoms with Crippen LogP contribution < -0.4 is 10.2 Å². The molecule has 0 spiro atoms. The average Bonchev–Trinajstić information content (AvgIpc) is 2.52. The Bertz CT molecular complexity index is 583. The zero-order chi connectivity index (χ0) is 15.9. The molecule has 1 aromatic carbocycles. The number of anilines is 2. The summed E-state index contributed by atoms with van der Waals surface area (Å²) < 4.78 is 0. The van der Waals surface area contributed by atoms with E-state index < -0.39 is 0 Å². The van der Waals surface area contributed by atoms with Crippen molar-refractivity contribution in [2.75, 3.05) is 16.8 Å². The maximum absolute atomic E-state index is 4.69. The lowest BCUT2D eigenvalue weighted by molar-refractivity contribution is 0.750. The van der Waals surface area contributed by atoms with E-state index in [1.54, 1.807) is 0 Å². The summed E-state index contributed by atoms with van der Waals surface area (Å²) in [5.74, 6) is 1.69. The van der Waals surface area contributed by atoms with Crippen molar-refractivity contribution < 1.29 is 0 Å². The van der Waals surface area contributed by atoms with Gasteiger partial charge < -0.3 is 10.2 Å². The van der Waals surface area contributed by atoms with Gasteiger partial charge in [0.1, 0.15) is 5.82 Å². The van der Waals surface area contributed by atoms with E-state index in [1.807, 2.05) is 19.1 Å². The van der Waals surface area contributed by atoms with Gasteiger partial charge in [-0.05, 0) is 32.8 Å². The second-order valence-corrected chi connectivity index (χ2v) is 5.65. The number of rotatable bonds is 7. The molecule has 0 fully saturated rings. The topological polar surface area (TPSA) is 41.1 Å². The van der Waals surface area contributed by atoms with Crippen LogP contribution in [0.25, 0.3) is 0 Å². The quantitative estimate of drug-likeness (QED) is 0.838. The molecule has 0 aliphatic rings. The van der Waals surface area contributed by atoms with Crippen molar-refractivity contribution >= 4 is 11.8 Å². The third kappa shape index (κ3) is 4.45. The van der Waals surface area contributed by atoms with Gasteiger partial charge in [-0.1, -0.05) is 37.3 Å². The highest BCUT2D eigenvalue weighted by atomic mass is 15.3. The van der Waals surface area contributed by atoms with Gasteiger partial charge in [0.05, 0.1) is 0 Å². The molecular weight excluding hydrogens is 272 g/mol. The lowest BCUT2D eigenvalue weighted by atomic mass is 10.2. The van der Waals surface area contributed by atoms with Crippen LogP contribution in [0.4, 0.5) is 11.8 Å². The fourth-order valence-corrected chi connectivity index (χ4v) is 2.25. The molecule has 1 heterocycles. The number of hydrogen-bond acceptors (Lipinski definition) is 4. The van der Waals surface area contributed by atoms with Crippen LogP contribution in [0, 0.1) is 6.92 Å². The summed E-state index contributed by atoms with van der Waals surface area (Å²) in [7, 11) is 0. The summed E-state index contributed by atoms with van der Waals surface area (Å²) in [5.41, 5.74) is 2.26. The highest BCUT2D eigenvalue weighted by Gasteiger charge is 2.11. The molecule has 0 amide bonds. The molecule has 2 rings (SSSR count). The zero-order valence-electron chi connectivity index (χ0n) is 14.0. The Morgan fingerprint density at radius 1 is 1.14 bits per heavy atom. The van der Waals surface area contributed by atoms with E-state index in [2.05, 4.69) is 60.2 Å². The number of aromatic nitrogens is 2. The Morgan fingerprint density at radius 3 is 2.50 bits per heavy atom. The van der Waals surface area contributed by atoms with Gasteiger partial charge in [0.15, 0.2) is 0 Å². The van der Waals surface area contributed by atoms with Crippen LogP contribution in [0.1, 0.15) is 38.4 Å². The molecule has 1 unspecified atom stereocenters. The minimum absolute atomic E-state index is 0.409. The molecule has 4 nitrogen and oxygen atoms in total. The predicted molar refractivity (Wildman–Crippen MR) is 93.3 cm³/mol. The van der Waals surface area contributed by atoms with Crippen LogP contribution in [-0.2, 0) is 6.54 Å². The maximum Gasteiger partial charge on any atom is 0.227 e. The molecule has 22 heavy (non-hydrogen) atoms. The Kier molecular flexibility index (Phi) is 5.75. The van der Waals surface area contributed by atoms with Gasteiger partial charge in [0.25, 0.3) is 0 Å². The molecular formula is C18H26N4. The third-order valence-electron chi connectivity index (χ3n) is 3.73. The van der Waals surface area contributed by atoms with Crippen LogP contribution in [0.15, 0.2) is 36.4 Å². The van der Waals surface area contributed by atoms with Crippen molar-refractivity contribution in [3.8, 4) is 0 Å². The van der Waals surface area contributed by atoms with Crippen LogP contribution >= 0.6 is 0 Å². The van der Waals surface area contributed by atoms with Crippen LogP contribution in [-0.4, -0.2) is 22.6 Å². The number of nitrogens with one attached hydrogen (secondary N) is 1. The SMILES string of the molecule is CCC(C)Nc1cc(C)nc(N(CC)Cc2ccccc2)n1. The average molecular weight is 298 g/mol. The molecule has 0 bridgehead atoms. The first-order chi connectivity index (χ1) is 10.6. The van der Waals surface area contributed by atoms with Gasteiger partial charge in [-0.2, -0.15) is 4.98 Å². The number of aryl methyl sites for hydroxylation is 1. The molecule has 1 atom stereocenters. The summed E-state index contributed by atoms with van der Waals surface area (Å²) in [6.45, 7) is 10.2. The van der Waals surface area contributed by atoms with E-state index in [4.69, 9.17) is 4.98 Å². The highest BCUT2D eigenvalue weighted by molar-refractivity contribution is 5.44. The fourth-order valence-electron chi connectivity index (χ4n) is 2.25. The first kappa shape index (κ1) is 16.3. The lowest BCUT2D eigenvalue weighted by Crippen LogP contribution is -2.25. The van der Waals surface area contributed by atoms with Crippen LogP contribution in [0.2, 0.25) is 0 Å². The van der Waals surface area contributed by atoms with Gasteiger partial charge in [0, 0.05) is 30.9 Å². The molecule has 0 saturated heterocycles. The number of nitrogens with zero attached hydrogens (tertiary/aromatic N) is 3. The monoisotopic (exact) mass is 298 g/mol. The van der Waals surface area contributed by atoms with Crippen molar-refractivity contribution in [2.24, 2.45) is 0 Å². The highest BCUT2D eigenvalue weighted by Crippen LogP contribution is 2.17. The molecule has 4 heteroatoms. The molecule has 1 N–H and O–H groups in total. The van der Waals surface area contributed by atoms with Gasteiger partial charge in [0.2, 0.25) is 5.95 Å². The summed E-state index contributed by atoms with van der Waals surface area (Å²) in [6, 6.07) is 12.9. The minimum atomic E-state index is 0.409. The van der Waals surface area contributed by atoms with E-state index in [9.17, 15) is 0 Å². The van der Waals surface area contributed by atoms with E-state index in [0.717, 1.165) is 37.0 Å². The molecule has 0 aliphatic carbocycles. The van der Waals surface area contributed by atoms with E-state index in [0.29, 0.717) is 6.04 Å². The standard InChI is InChI=1S/C18H26N4/c1-5-14(3)19-17-12-15(4)20-18(21-17)22(6-2)13-16-10-8-7-9-11-16/h7-12,14H,5-6,13H2,1-4H3,(H,19,20,21). The maximum atomic E-state index is 4.69. The first-order valence-electron chi connectivity index (χ1n) is 8.03. The summed E-state index contributed by atoms with van der Waals surface area (Å²) in [4.78, 5) is 11.5. The van der Waals surface area contributed by atoms with E-state index in [1.165, 1.54) is 5.56 Å². The molecule has 118 valence electrons. The minimum Gasteiger partial charge on any atom is -0.367 e. The largest absolute Gasteiger partial charge is 0.367 e. The van der Waals surface area contributed by atoms with Crippen molar-refractivity contribution in [2.45, 2.75) is 46.7 Å². The van der Waals surface area contributed by atoms with Gasteiger partial charge >= 0.3 is 0 Å². The van der Waals surface area contributed by atoms with Gasteiger partial charge in [-0.3, -0.25) is 0 Å². The van der Waals surface area contributed by atoms with E-state index >= 15 is 0 Å². The molecule has 0 saturated carbocycles. The molecule has 0 aliphatic heterocycles. The Labute approximate surface area is 133 Å². The fraction of sp³-hybridized carbons (Fsp3) is 0.444. The number of hydrogen-bond donors (Lipinski definition) is 1. The van der Waals surface area contributed by atoms with Crippen molar-refractivity contribution in [3.63, 3.8) is 0 Å². The number of benzene rings is 1. The van der Waals surface area contributed by atoms with Crippen LogP contribution in [0.5, 0.6) is 0 Å². The van der Waals surface area contributed by atoms with Gasteiger partial charge in [-0.15, -0.1) is 0 Å². The van der Waals surface area contributed by atoms with Gasteiger partial charge in [-0.25, -0.2) is 4.98 Å². The summed E-state index contributed by atoms with van der Waals surface area (Å²) in [6.07, 6.45) is 1.07. The zero-order valence-corrected chi connectivity index (χ0v) is 14.0.